The Morgan fingerprint density at radius 1 is 1.24 bits per heavy atom. The summed E-state index contributed by atoms with van der Waals surface area (Å²) in [7, 11) is 3.58. The number of rotatable bonds is 3. The summed E-state index contributed by atoms with van der Waals surface area (Å²) in [5.41, 5.74) is 9.09. The molecule has 0 aliphatic carbocycles. The van der Waals surface area contributed by atoms with Gasteiger partial charge in [0, 0.05) is 20.1 Å². The largest absolute Gasteiger partial charge is 0.328 e. The molecule has 0 radical (unpaired) electrons. The van der Waals surface area contributed by atoms with Crippen molar-refractivity contribution in [2.75, 3.05) is 0 Å². The van der Waals surface area contributed by atoms with Crippen LogP contribution < -0.4 is 11.4 Å². The molecule has 0 aliphatic rings. The molecular weight excluding hydrogens is 214 g/mol. The molecule has 0 saturated heterocycles. The summed E-state index contributed by atoms with van der Waals surface area (Å²) in [5, 5.41) is 0. The van der Waals surface area contributed by atoms with Gasteiger partial charge in [-0.2, -0.15) is 0 Å². The predicted octanol–water partition coefficient (Wildman–Crippen LogP) is 1.68. The molecular formula is C13H19N3O. The third kappa shape index (κ3) is 1.89. The molecule has 1 aromatic carbocycles. The fourth-order valence-electron chi connectivity index (χ4n) is 2.23. The second-order valence-electron chi connectivity index (χ2n) is 4.54. The van der Waals surface area contributed by atoms with E-state index in [1.807, 2.05) is 18.2 Å². The highest BCUT2D eigenvalue weighted by atomic mass is 16.1. The molecule has 1 atom stereocenters. The molecule has 1 aromatic heterocycles. The molecule has 0 aliphatic heterocycles. The van der Waals surface area contributed by atoms with Gasteiger partial charge in [-0.05, 0) is 24.1 Å². The predicted molar refractivity (Wildman–Crippen MR) is 70.0 cm³/mol. The van der Waals surface area contributed by atoms with E-state index in [0.29, 0.717) is 0 Å². The third-order valence-electron chi connectivity index (χ3n) is 3.32. The van der Waals surface area contributed by atoms with Crippen molar-refractivity contribution in [3.8, 4) is 0 Å². The zero-order valence-electron chi connectivity index (χ0n) is 10.6. The average molecular weight is 233 g/mol. The molecule has 1 unspecified atom stereocenters. The van der Waals surface area contributed by atoms with E-state index in [-0.39, 0.29) is 11.7 Å². The lowest BCUT2D eigenvalue weighted by Crippen LogP contribution is -2.19. The first-order chi connectivity index (χ1) is 8.06. The van der Waals surface area contributed by atoms with Gasteiger partial charge >= 0.3 is 5.69 Å². The van der Waals surface area contributed by atoms with E-state index in [2.05, 4.69) is 6.92 Å². The maximum Gasteiger partial charge on any atom is 0.328 e. The summed E-state index contributed by atoms with van der Waals surface area (Å²) in [6.45, 7) is 2.12. The molecule has 0 spiro atoms. The molecule has 2 aromatic rings. The van der Waals surface area contributed by atoms with Gasteiger partial charge in [0.1, 0.15) is 0 Å². The normalized spacial score (nSPS) is 13.2. The van der Waals surface area contributed by atoms with Gasteiger partial charge in [-0.1, -0.05) is 19.4 Å². The van der Waals surface area contributed by atoms with Crippen LogP contribution in [0.4, 0.5) is 0 Å². The van der Waals surface area contributed by atoms with E-state index in [9.17, 15) is 4.79 Å². The zero-order chi connectivity index (χ0) is 12.6. The minimum Gasteiger partial charge on any atom is -0.324 e. The van der Waals surface area contributed by atoms with Crippen LogP contribution >= 0.6 is 0 Å². The SMILES string of the molecule is CCCC(N)c1ccc2c(c1)n(C)c(=O)n2C. The minimum atomic E-state index is 0.00112. The lowest BCUT2D eigenvalue weighted by atomic mass is 10.0. The van der Waals surface area contributed by atoms with Crippen molar-refractivity contribution in [3.63, 3.8) is 0 Å². The molecule has 0 fully saturated rings. The van der Waals surface area contributed by atoms with Crippen molar-refractivity contribution < 1.29 is 0 Å². The fourth-order valence-corrected chi connectivity index (χ4v) is 2.23. The first-order valence-electron chi connectivity index (χ1n) is 5.97. The van der Waals surface area contributed by atoms with Gasteiger partial charge in [-0.25, -0.2) is 4.79 Å². The Labute approximate surface area is 101 Å². The number of benzene rings is 1. The topological polar surface area (TPSA) is 52.9 Å². The smallest absolute Gasteiger partial charge is 0.324 e. The molecule has 0 amide bonds. The van der Waals surface area contributed by atoms with Crippen molar-refractivity contribution >= 4 is 11.0 Å². The van der Waals surface area contributed by atoms with Gasteiger partial charge in [-0.3, -0.25) is 9.13 Å². The summed E-state index contributed by atoms with van der Waals surface area (Å²) in [4.78, 5) is 11.8. The van der Waals surface area contributed by atoms with Gasteiger partial charge in [0.2, 0.25) is 0 Å². The number of fused-ring (bicyclic) bond motifs is 1. The summed E-state index contributed by atoms with van der Waals surface area (Å²) >= 11 is 0. The third-order valence-corrected chi connectivity index (χ3v) is 3.32. The van der Waals surface area contributed by atoms with Crippen molar-refractivity contribution in [2.24, 2.45) is 19.8 Å². The van der Waals surface area contributed by atoms with Crippen molar-refractivity contribution in [1.82, 2.24) is 9.13 Å². The van der Waals surface area contributed by atoms with Crippen molar-refractivity contribution in [1.29, 1.82) is 0 Å². The Kier molecular flexibility index (Phi) is 3.07. The van der Waals surface area contributed by atoms with Crippen LogP contribution in [0, 0.1) is 0 Å². The highest BCUT2D eigenvalue weighted by Gasteiger charge is 2.10. The van der Waals surface area contributed by atoms with E-state index in [0.717, 1.165) is 29.4 Å². The van der Waals surface area contributed by atoms with E-state index in [4.69, 9.17) is 5.73 Å². The maximum absolute atomic E-state index is 11.8. The molecule has 4 nitrogen and oxygen atoms in total. The number of aromatic nitrogens is 2. The number of hydrogen-bond donors (Lipinski definition) is 1. The van der Waals surface area contributed by atoms with Crippen molar-refractivity contribution in [3.05, 3.63) is 34.2 Å². The number of hydrogen-bond acceptors (Lipinski definition) is 2. The van der Waals surface area contributed by atoms with E-state index >= 15 is 0 Å². The quantitative estimate of drug-likeness (QED) is 0.877. The van der Waals surface area contributed by atoms with E-state index < -0.39 is 0 Å². The Hall–Kier alpha value is -1.55. The van der Waals surface area contributed by atoms with Crippen LogP contribution in [0.15, 0.2) is 23.0 Å². The number of nitrogens with two attached hydrogens (primary N) is 1. The number of aryl methyl sites for hydroxylation is 2. The van der Waals surface area contributed by atoms with Crippen LogP contribution in [0.25, 0.3) is 11.0 Å². The van der Waals surface area contributed by atoms with Gasteiger partial charge < -0.3 is 5.73 Å². The maximum atomic E-state index is 11.8. The summed E-state index contributed by atoms with van der Waals surface area (Å²) in [5.74, 6) is 0. The molecule has 0 bridgehead atoms. The molecule has 0 saturated carbocycles. The van der Waals surface area contributed by atoms with Crippen LogP contribution in [-0.4, -0.2) is 9.13 Å². The Bertz CT molecular complexity index is 594. The van der Waals surface area contributed by atoms with Crippen LogP contribution in [0.2, 0.25) is 0 Å². The van der Waals surface area contributed by atoms with Gasteiger partial charge in [0.25, 0.3) is 0 Å². The Balaban J connectivity index is 2.58. The van der Waals surface area contributed by atoms with Gasteiger partial charge in [0.15, 0.2) is 0 Å². The summed E-state index contributed by atoms with van der Waals surface area (Å²) in [6, 6.07) is 6.07. The molecule has 2 N–H and O–H groups in total. The molecule has 2 rings (SSSR count). The fraction of sp³-hybridized carbons (Fsp3) is 0.462. The summed E-state index contributed by atoms with van der Waals surface area (Å²) < 4.78 is 3.32. The summed E-state index contributed by atoms with van der Waals surface area (Å²) in [6.07, 6.45) is 2.03. The van der Waals surface area contributed by atoms with E-state index in [1.54, 1.807) is 23.2 Å². The van der Waals surface area contributed by atoms with Crippen LogP contribution in [0.3, 0.4) is 0 Å². The highest BCUT2D eigenvalue weighted by molar-refractivity contribution is 5.77. The van der Waals surface area contributed by atoms with Gasteiger partial charge in [-0.15, -0.1) is 0 Å². The molecule has 17 heavy (non-hydrogen) atoms. The lowest BCUT2D eigenvalue weighted by molar-refractivity contribution is 0.639. The van der Waals surface area contributed by atoms with Crippen LogP contribution in [-0.2, 0) is 14.1 Å². The Morgan fingerprint density at radius 3 is 2.53 bits per heavy atom. The molecule has 92 valence electrons. The molecule has 1 heterocycles. The highest BCUT2D eigenvalue weighted by Crippen LogP contribution is 2.20. The molecule has 4 heteroatoms. The standard InChI is InChI=1S/C13H19N3O/c1-4-5-10(14)9-6-7-11-12(8-9)16(3)13(17)15(11)2/h6-8,10H,4-5,14H2,1-3H3. The first kappa shape index (κ1) is 11.9. The van der Waals surface area contributed by atoms with Crippen LogP contribution in [0.1, 0.15) is 31.4 Å². The monoisotopic (exact) mass is 233 g/mol. The minimum absolute atomic E-state index is 0.00112. The van der Waals surface area contributed by atoms with Crippen LogP contribution in [0.5, 0.6) is 0 Å². The number of imidazole rings is 1. The first-order valence-corrected chi connectivity index (χ1v) is 5.97. The van der Waals surface area contributed by atoms with Crippen molar-refractivity contribution in [2.45, 2.75) is 25.8 Å². The average Bonchev–Trinajstić information content (AvgIpc) is 2.55. The number of nitrogens with zero attached hydrogens (tertiary/aromatic N) is 2. The second-order valence-corrected chi connectivity index (χ2v) is 4.54. The zero-order valence-corrected chi connectivity index (χ0v) is 10.6. The van der Waals surface area contributed by atoms with Gasteiger partial charge in [0.05, 0.1) is 11.0 Å². The van der Waals surface area contributed by atoms with E-state index in [1.165, 1.54) is 0 Å². The Morgan fingerprint density at radius 2 is 1.88 bits per heavy atom. The second kappa shape index (κ2) is 4.37. The lowest BCUT2D eigenvalue weighted by Gasteiger charge is -2.10.